The highest BCUT2D eigenvalue weighted by Crippen LogP contribution is 2.34. The summed E-state index contributed by atoms with van der Waals surface area (Å²) in [5, 5.41) is -0.977. The zero-order valence-corrected chi connectivity index (χ0v) is 12.1. The Kier molecular flexibility index (Phi) is 4.36. The van der Waals surface area contributed by atoms with Crippen molar-refractivity contribution in [1.29, 1.82) is 0 Å². The molecule has 0 atom stereocenters. The number of carbonyl (C=O) groups is 1. The maximum absolute atomic E-state index is 12.8. The number of halogens is 6. The smallest absolute Gasteiger partial charge is 0.410 e. The van der Waals surface area contributed by atoms with Crippen molar-refractivity contribution in [2.75, 3.05) is 0 Å². The van der Waals surface area contributed by atoms with Crippen molar-refractivity contribution in [2.45, 2.75) is 6.18 Å². The second kappa shape index (κ2) is 5.75. The van der Waals surface area contributed by atoms with Crippen molar-refractivity contribution in [3.05, 3.63) is 45.4 Å². The molecule has 0 amide bonds. The number of hydrogen-bond acceptors (Lipinski definition) is 3. The lowest BCUT2D eigenvalue weighted by Crippen LogP contribution is -2.24. The van der Waals surface area contributed by atoms with Crippen LogP contribution in [0.4, 0.5) is 18.0 Å². The molecule has 4 nitrogen and oxygen atoms in total. The van der Waals surface area contributed by atoms with Crippen molar-refractivity contribution >= 4 is 40.9 Å². The van der Waals surface area contributed by atoms with Gasteiger partial charge in [-0.2, -0.15) is 13.2 Å². The summed E-state index contributed by atoms with van der Waals surface area (Å²) in [5.41, 5.74) is 0. The number of carbonyl (C=O) groups excluding carboxylic acids is 1. The van der Waals surface area contributed by atoms with Gasteiger partial charge in [0.15, 0.2) is 10.3 Å². The number of aromatic nitrogens is 2. The Balaban J connectivity index is 2.37. The van der Waals surface area contributed by atoms with Crippen LogP contribution in [0, 0.1) is 0 Å². The molecule has 10 heteroatoms. The molecule has 0 fully saturated rings. The zero-order valence-electron chi connectivity index (χ0n) is 9.79. The molecule has 0 unspecified atom stereocenters. The Labute approximate surface area is 131 Å². The van der Waals surface area contributed by atoms with Gasteiger partial charge in [-0.3, -0.25) is 0 Å². The molecule has 2 aromatic rings. The largest absolute Gasteiger partial charge is 0.450 e. The first-order valence-corrected chi connectivity index (χ1v) is 6.32. The average Bonchev–Trinajstić information content (AvgIpc) is 2.69. The van der Waals surface area contributed by atoms with Crippen molar-refractivity contribution in [3.8, 4) is 5.75 Å². The summed E-state index contributed by atoms with van der Waals surface area (Å²) in [7, 11) is 0. The number of hydrogen-bond donors (Lipinski definition) is 0. The highest BCUT2D eigenvalue weighted by Gasteiger charge is 2.41. The van der Waals surface area contributed by atoms with Crippen LogP contribution in [0.3, 0.4) is 0 Å². The number of alkyl halides is 3. The van der Waals surface area contributed by atoms with Gasteiger partial charge < -0.3 is 4.74 Å². The molecule has 21 heavy (non-hydrogen) atoms. The van der Waals surface area contributed by atoms with E-state index in [0.717, 1.165) is 0 Å². The molecule has 1 aromatic carbocycles. The van der Waals surface area contributed by atoms with E-state index in [1.807, 2.05) is 0 Å². The topological polar surface area (TPSA) is 44.1 Å². The van der Waals surface area contributed by atoms with Crippen molar-refractivity contribution in [3.63, 3.8) is 0 Å². The number of nitrogens with zero attached hydrogens (tertiary/aromatic N) is 2. The molecule has 0 saturated carbocycles. The van der Waals surface area contributed by atoms with Crippen LogP contribution in [0.1, 0.15) is 5.82 Å². The fraction of sp³-hybridized carbons (Fsp3) is 0.0909. The van der Waals surface area contributed by atoms with Gasteiger partial charge in [-0.15, -0.1) is 0 Å². The van der Waals surface area contributed by atoms with Crippen LogP contribution in [0.15, 0.2) is 24.3 Å². The second-order valence-electron chi connectivity index (χ2n) is 3.67. The third-order valence-electron chi connectivity index (χ3n) is 2.24. The number of rotatable bonds is 1. The van der Waals surface area contributed by atoms with E-state index < -0.39 is 28.4 Å². The molecular formula is C11H4Cl3F3N2O2. The first kappa shape index (κ1) is 15.9. The molecule has 112 valence electrons. The molecule has 0 N–H and O–H groups in total. The van der Waals surface area contributed by atoms with Crippen LogP contribution in [0.25, 0.3) is 0 Å². The van der Waals surface area contributed by atoms with Gasteiger partial charge in [0, 0.05) is 5.02 Å². The third kappa shape index (κ3) is 3.42. The standard InChI is InChI=1S/C11H4Cl3F3N2O2/c12-5-1-3-6(4-2-5)21-10(20)19-8(14)7(13)18-9(19)11(15,16)17/h1-4H. The molecule has 0 aliphatic heterocycles. The number of imidazole rings is 1. The van der Waals surface area contributed by atoms with Gasteiger partial charge in [0.25, 0.3) is 0 Å². The predicted octanol–water partition coefficient (Wildman–Crippen LogP) is 4.91. The molecule has 2 rings (SSSR count). The van der Waals surface area contributed by atoms with Crippen LogP contribution in [-0.4, -0.2) is 15.6 Å². The summed E-state index contributed by atoms with van der Waals surface area (Å²) in [6.07, 6.45) is -6.32. The lowest BCUT2D eigenvalue weighted by atomic mass is 10.3. The van der Waals surface area contributed by atoms with Crippen LogP contribution < -0.4 is 4.74 Å². The van der Waals surface area contributed by atoms with E-state index in [0.29, 0.717) is 5.02 Å². The fourth-order valence-electron chi connectivity index (χ4n) is 1.38. The van der Waals surface area contributed by atoms with E-state index in [9.17, 15) is 18.0 Å². The Morgan fingerprint density at radius 2 is 1.71 bits per heavy atom. The maximum atomic E-state index is 12.8. The molecule has 0 bridgehead atoms. The van der Waals surface area contributed by atoms with E-state index in [-0.39, 0.29) is 10.3 Å². The summed E-state index contributed by atoms with van der Waals surface area (Å²) >= 11 is 16.6. The van der Waals surface area contributed by atoms with Crippen LogP contribution in [-0.2, 0) is 6.18 Å². The molecule has 0 spiro atoms. The van der Waals surface area contributed by atoms with E-state index in [2.05, 4.69) is 4.98 Å². The van der Waals surface area contributed by atoms with Crippen molar-refractivity contribution in [1.82, 2.24) is 9.55 Å². The van der Waals surface area contributed by atoms with Gasteiger partial charge in [0.1, 0.15) is 5.75 Å². The second-order valence-corrected chi connectivity index (χ2v) is 4.82. The molecule has 0 saturated heterocycles. The normalized spacial score (nSPS) is 11.5. The molecule has 0 aliphatic carbocycles. The monoisotopic (exact) mass is 358 g/mol. The molecular weight excluding hydrogens is 355 g/mol. The summed E-state index contributed by atoms with van der Waals surface area (Å²) in [6.45, 7) is 0. The molecule has 0 aliphatic rings. The van der Waals surface area contributed by atoms with Gasteiger partial charge in [0.2, 0.25) is 5.82 Å². The quantitative estimate of drug-likeness (QED) is 0.727. The van der Waals surface area contributed by atoms with E-state index in [1.54, 1.807) is 0 Å². The highest BCUT2D eigenvalue weighted by molar-refractivity contribution is 6.41. The SMILES string of the molecule is O=C(Oc1ccc(Cl)cc1)n1c(C(F)(F)F)nc(Cl)c1Cl. The van der Waals surface area contributed by atoms with Crippen molar-refractivity contribution in [2.24, 2.45) is 0 Å². The average molecular weight is 360 g/mol. The Bertz CT molecular complexity index is 683. The van der Waals surface area contributed by atoms with Crippen molar-refractivity contribution < 1.29 is 22.7 Å². The van der Waals surface area contributed by atoms with E-state index >= 15 is 0 Å². The van der Waals surface area contributed by atoms with E-state index in [1.165, 1.54) is 24.3 Å². The lowest BCUT2D eigenvalue weighted by Gasteiger charge is -2.10. The maximum Gasteiger partial charge on any atom is 0.450 e. The van der Waals surface area contributed by atoms with Gasteiger partial charge in [-0.25, -0.2) is 14.3 Å². The van der Waals surface area contributed by atoms with Gasteiger partial charge in [-0.1, -0.05) is 34.8 Å². The molecule has 1 aromatic heterocycles. The summed E-state index contributed by atoms with van der Waals surface area (Å²) in [5.74, 6) is -1.59. The van der Waals surface area contributed by atoms with E-state index in [4.69, 9.17) is 39.5 Å². The Morgan fingerprint density at radius 3 is 2.24 bits per heavy atom. The van der Waals surface area contributed by atoms with Gasteiger partial charge in [0.05, 0.1) is 0 Å². The third-order valence-corrected chi connectivity index (χ3v) is 3.20. The number of ether oxygens (including phenoxy) is 1. The summed E-state index contributed by atoms with van der Waals surface area (Å²) in [4.78, 5) is 14.8. The van der Waals surface area contributed by atoms with Crippen LogP contribution in [0.5, 0.6) is 5.75 Å². The molecule has 1 heterocycles. The van der Waals surface area contributed by atoms with Crippen LogP contribution >= 0.6 is 34.8 Å². The van der Waals surface area contributed by atoms with Gasteiger partial charge >= 0.3 is 12.3 Å². The Hall–Kier alpha value is -1.44. The fourth-order valence-corrected chi connectivity index (χ4v) is 1.86. The zero-order chi connectivity index (χ0) is 15.8. The molecule has 0 radical (unpaired) electrons. The minimum absolute atomic E-state index is 0.0154. The first-order valence-electron chi connectivity index (χ1n) is 5.19. The van der Waals surface area contributed by atoms with Gasteiger partial charge in [-0.05, 0) is 24.3 Å². The lowest BCUT2D eigenvalue weighted by molar-refractivity contribution is -0.146. The minimum Gasteiger partial charge on any atom is -0.410 e. The predicted molar refractivity (Wildman–Crippen MR) is 70.1 cm³/mol. The minimum atomic E-state index is -4.92. The number of benzene rings is 1. The van der Waals surface area contributed by atoms with Crippen LogP contribution in [0.2, 0.25) is 15.3 Å². The summed E-state index contributed by atoms with van der Waals surface area (Å²) in [6, 6.07) is 5.41. The highest BCUT2D eigenvalue weighted by atomic mass is 35.5. The Morgan fingerprint density at radius 1 is 1.14 bits per heavy atom. The first-order chi connectivity index (χ1) is 9.70. The summed E-state index contributed by atoms with van der Waals surface area (Å²) < 4.78 is 43.1.